The van der Waals surface area contributed by atoms with Crippen molar-refractivity contribution >= 4 is 11.6 Å². The molecule has 1 aliphatic carbocycles. The van der Waals surface area contributed by atoms with Gasteiger partial charge in [-0.1, -0.05) is 86.6 Å². The molecule has 1 saturated carbocycles. The number of benzene rings is 2. The highest BCUT2D eigenvalue weighted by Crippen LogP contribution is 2.47. The maximum absolute atomic E-state index is 14.3. The van der Waals surface area contributed by atoms with E-state index in [1.807, 2.05) is 0 Å². The Hall–Kier alpha value is -2.33. The topological polar surface area (TPSA) is 35.6 Å². The van der Waals surface area contributed by atoms with Crippen LogP contribution in [0.3, 0.4) is 0 Å². The predicted octanol–water partition coefficient (Wildman–Crippen LogP) is 6.60. The maximum Gasteiger partial charge on any atom is 0.228 e. The Labute approximate surface area is 218 Å². The summed E-state index contributed by atoms with van der Waals surface area (Å²) in [7, 11) is 0. The summed E-state index contributed by atoms with van der Waals surface area (Å²) in [5.74, 6) is 1.32. The van der Waals surface area contributed by atoms with Crippen LogP contribution in [0.25, 0.3) is 0 Å². The molecule has 2 heterocycles. The molecule has 3 aliphatic rings. The zero-order valence-corrected chi connectivity index (χ0v) is 22.4. The fraction of sp³-hybridized carbons (Fsp3) is 0.594. The van der Waals surface area contributed by atoms with E-state index in [0.717, 1.165) is 32.7 Å². The second-order valence-electron chi connectivity index (χ2n) is 11.6. The van der Waals surface area contributed by atoms with E-state index in [-0.39, 0.29) is 12.0 Å². The standard InChI is InChI=1S/C32H45N3O/c1-24-16-17-29-28(22-24)31(27-14-10-5-3-4-6-11-15-27)30(25(2)33-29)32(36)35-20-18-34(19-21-35)23-26-12-8-7-9-13-26/h7-9,12-13,16-17,22,25,27,30-31,33H,3-6,10-11,14-15,18-21,23H2,1-2H3. The van der Waals surface area contributed by atoms with Gasteiger partial charge in [0.15, 0.2) is 0 Å². The molecule has 2 aliphatic heterocycles. The van der Waals surface area contributed by atoms with E-state index in [2.05, 4.69) is 77.5 Å². The minimum Gasteiger partial charge on any atom is -0.382 e. The van der Waals surface area contributed by atoms with Crippen LogP contribution in [0.4, 0.5) is 5.69 Å². The number of anilines is 1. The van der Waals surface area contributed by atoms with Crippen LogP contribution >= 0.6 is 0 Å². The van der Waals surface area contributed by atoms with Crippen LogP contribution in [0.1, 0.15) is 80.9 Å². The van der Waals surface area contributed by atoms with Crippen molar-refractivity contribution in [1.29, 1.82) is 0 Å². The van der Waals surface area contributed by atoms with E-state index in [4.69, 9.17) is 0 Å². The van der Waals surface area contributed by atoms with Crippen LogP contribution < -0.4 is 5.32 Å². The van der Waals surface area contributed by atoms with Gasteiger partial charge in [0, 0.05) is 50.4 Å². The Balaban J connectivity index is 1.35. The minimum absolute atomic E-state index is 0.0192. The molecular weight excluding hydrogens is 442 g/mol. The Kier molecular flexibility index (Phi) is 8.31. The van der Waals surface area contributed by atoms with Crippen molar-refractivity contribution in [1.82, 2.24) is 9.80 Å². The average molecular weight is 488 g/mol. The Bertz CT molecular complexity index is 988. The first-order valence-corrected chi connectivity index (χ1v) is 14.5. The Morgan fingerprint density at radius 1 is 0.889 bits per heavy atom. The largest absolute Gasteiger partial charge is 0.382 e. The lowest BCUT2D eigenvalue weighted by Gasteiger charge is -2.45. The van der Waals surface area contributed by atoms with Gasteiger partial charge in [-0.25, -0.2) is 0 Å². The smallest absolute Gasteiger partial charge is 0.228 e. The van der Waals surface area contributed by atoms with Gasteiger partial charge in [0.2, 0.25) is 5.91 Å². The number of aryl methyl sites for hydroxylation is 1. The second kappa shape index (κ2) is 11.8. The second-order valence-corrected chi connectivity index (χ2v) is 11.6. The molecule has 3 atom stereocenters. The van der Waals surface area contributed by atoms with E-state index >= 15 is 0 Å². The predicted molar refractivity (Wildman–Crippen MR) is 149 cm³/mol. The van der Waals surface area contributed by atoms with Crippen LogP contribution in [0.5, 0.6) is 0 Å². The van der Waals surface area contributed by atoms with Gasteiger partial charge in [-0.2, -0.15) is 0 Å². The lowest BCUT2D eigenvalue weighted by Crippen LogP contribution is -2.54. The van der Waals surface area contributed by atoms with Crippen molar-refractivity contribution in [3.63, 3.8) is 0 Å². The molecule has 4 heteroatoms. The summed E-state index contributed by atoms with van der Waals surface area (Å²) >= 11 is 0. The molecule has 5 rings (SSSR count). The number of fused-ring (bicyclic) bond motifs is 1. The molecule has 194 valence electrons. The zero-order chi connectivity index (χ0) is 24.9. The summed E-state index contributed by atoms with van der Waals surface area (Å²) in [6.45, 7) is 9.01. The van der Waals surface area contributed by atoms with Crippen LogP contribution in [0.2, 0.25) is 0 Å². The third-order valence-corrected chi connectivity index (χ3v) is 9.00. The monoisotopic (exact) mass is 487 g/mol. The van der Waals surface area contributed by atoms with Crippen LogP contribution in [0.15, 0.2) is 48.5 Å². The minimum atomic E-state index is 0.0192. The molecule has 1 N–H and O–H groups in total. The highest BCUT2D eigenvalue weighted by atomic mass is 16.2. The van der Waals surface area contributed by atoms with Gasteiger partial charge in [0.05, 0.1) is 5.92 Å². The third kappa shape index (κ3) is 5.80. The first-order valence-electron chi connectivity index (χ1n) is 14.5. The normalized spacial score (nSPS) is 26.3. The van der Waals surface area contributed by atoms with Crippen molar-refractivity contribution < 1.29 is 4.79 Å². The third-order valence-electron chi connectivity index (χ3n) is 9.00. The molecule has 1 saturated heterocycles. The molecule has 0 radical (unpaired) electrons. The van der Waals surface area contributed by atoms with E-state index in [9.17, 15) is 4.79 Å². The number of hydrogen-bond acceptors (Lipinski definition) is 3. The summed E-state index contributed by atoms with van der Waals surface area (Å²) in [4.78, 5) is 18.9. The van der Waals surface area contributed by atoms with Gasteiger partial charge in [0.1, 0.15) is 0 Å². The van der Waals surface area contributed by atoms with Gasteiger partial charge in [0.25, 0.3) is 0 Å². The fourth-order valence-corrected chi connectivity index (χ4v) is 7.05. The number of hydrogen-bond donors (Lipinski definition) is 1. The summed E-state index contributed by atoms with van der Waals surface area (Å²) in [6.07, 6.45) is 10.6. The van der Waals surface area contributed by atoms with Gasteiger partial charge in [-0.3, -0.25) is 9.69 Å². The molecule has 2 aromatic carbocycles. The van der Waals surface area contributed by atoms with Crippen LogP contribution in [0, 0.1) is 18.8 Å². The number of carbonyl (C=O) groups excluding carboxylic acids is 1. The van der Waals surface area contributed by atoms with E-state index in [1.165, 1.54) is 73.7 Å². The molecule has 36 heavy (non-hydrogen) atoms. The summed E-state index contributed by atoms with van der Waals surface area (Å²) < 4.78 is 0. The molecule has 3 unspecified atom stereocenters. The molecule has 0 aromatic heterocycles. The number of piperazine rings is 1. The average Bonchev–Trinajstić information content (AvgIpc) is 3.03. The fourth-order valence-electron chi connectivity index (χ4n) is 7.05. The lowest BCUT2D eigenvalue weighted by atomic mass is 9.67. The summed E-state index contributed by atoms with van der Waals surface area (Å²) in [5.41, 5.74) is 5.32. The van der Waals surface area contributed by atoms with E-state index < -0.39 is 0 Å². The number of amides is 1. The first-order chi connectivity index (χ1) is 17.6. The lowest BCUT2D eigenvalue weighted by molar-refractivity contribution is -0.139. The number of rotatable bonds is 4. The quantitative estimate of drug-likeness (QED) is 0.527. The number of carbonyl (C=O) groups is 1. The van der Waals surface area contributed by atoms with E-state index in [0.29, 0.717) is 17.7 Å². The highest BCUT2D eigenvalue weighted by molar-refractivity contribution is 5.83. The van der Waals surface area contributed by atoms with Gasteiger partial charge in [-0.15, -0.1) is 0 Å². The van der Waals surface area contributed by atoms with Crippen molar-refractivity contribution in [2.45, 2.75) is 83.7 Å². The Morgan fingerprint density at radius 2 is 1.56 bits per heavy atom. The molecule has 0 spiro atoms. The number of nitrogens with one attached hydrogen (secondary N) is 1. The zero-order valence-electron chi connectivity index (χ0n) is 22.4. The van der Waals surface area contributed by atoms with Gasteiger partial charge >= 0.3 is 0 Å². The molecule has 1 amide bonds. The molecule has 2 fully saturated rings. The first kappa shape index (κ1) is 25.3. The molecular formula is C32H45N3O. The summed E-state index contributed by atoms with van der Waals surface area (Å²) in [6, 6.07) is 17.7. The van der Waals surface area contributed by atoms with Crippen molar-refractivity contribution in [2.75, 3.05) is 31.5 Å². The summed E-state index contributed by atoms with van der Waals surface area (Å²) in [5, 5.41) is 3.75. The van der Waals surface area contributed by atoms with E-state index in [1.54, 1.807) is 0 Å². The molecule has 2 aromatic rings. The van der Waals surface area contributed by atoms with Gasteiger partial charge < -0.3 is 10.2 Å². The van der Waals surface area contributed by atoms with Crippen molar-refractivity contribution in [3.8, 4) is 0 Å². The number of nitrogens with zero attached hydrogens (tertiary/aromatic N) is 2. The van der Waals surface area contributed by atoms with Crippen molar-refractivity contribution in [2.24, 2.45) is 11.8 Å². The van der Waals surface area contributed by atoms with Gasteiger partial charge in [-0.05, 0) is 49.8 Å². The van der Waals surface area contributed by atoms with Crippen molar-refractivity contribution in [3.05, 3.63) is 65.2 Å². The Morgan fingerprint density at radius 3 is 2.25 bits per heavy atom. The van der Waals surface area contributed by atoms with Crippen LogP contribution in [-0.2, 0) is 11.3 Å². The maximum atomic E-state index is 14.3. The van der Waals surface area contributed by atoms with Crippen LogP contribution in [-0.4, -0.2) is 47.9 Å². The highest BCUT2D eigenvalue weighted by Gasteiger charge is 2.44. The molecule has 4 nitrogen and oxygen atoms in total. The molecule has 0 bridgehead atoms. The SMILES string of the molecule is Cc1ccc2c(c1)C(C1CCCCCCCC1)C(C(=O)N1CCN(Cc3ccccc3)CC1)C(C)N2.